The van der Waals surface area contributed by atoms with E-state index in [0.29, 0.717) is 25.9 Å². The Hall–Kier alpha value is -2.67. The number of nitrogens with one attached hydrogen (secondary N) is 2. The minimum absolute atomic E-state index is 0.0288. The van der Waals surface area contributed by atoms with Crippen LogP contribution in [0.25, 0.3) is 6.08 Å². The molecule has 1 aliphatic rings. The first kappa shape index (κ1) is 22.6. The van der Waals surface area contributed by atoms with Crippen LogP contribution in [0.2, 0.25) is 0 Å². The predicted molar refractivity (Wildman–Crippen MR) is 113 cm³/mol. The van der Waals surface area contributed by atoms with Crippen molar-refractivity contribution in [3.05, 3.63) is 35.4 Å². The molecule has 1 atom stereocenters. The number of hydrogen-bond donors (Lipinski definition) is 2. The molecule has 0 unspecified atom stereocenters. The van der Waals surface area contributed by atoms with Gasteiger partial charge in [0.25, 0.3) is 0 Å². The molecule has 2 N–H and O–H groups in total. The molecular formula is C22H32N3O4+. The molecule has 0 bridgehead atoms. The van der Waals surface area contributed by atoms with E-state index in [0.717, 1.165) is 21.7 Å². The average Bonchev–Trinajstić information content (AvgIpc) is 2.71. The number of benzene rings is 1. The van der Waals surface area contributed by atoms with E-state index in [2.05, 4.69) is 27.9 Å². The highest BCUT2D eigenvalue weighted by Crippen LogP contribution is 2.19. The number of hydrogen-bond acceptors (Lipinski definition) is 5. The highest BCUT2D eigenvalue weighted by molar-refractivity contribution is 5.86. The lowest BCUT2D eigenvalue weighted by molar-refractivity contribution is -0.824. The Kier molecular flexibility index (Phi) is 7.96. The maximum atomic E-state index is 12.5. The summed E-state index contributed by atoms with van der Waals surface area (Å²) in [7, 11) is 5.30. The minimum atomic E-state index is -0.662. The molecule has 0 radical (unpaired) electrons. The number of methoxy groups -OCH3 is 1. The van der Waals surface area contributed by atoms with E-state index >= 15 is 0 Å². The van der Waals surface area contributed by atoms with Crippen LogP contribution in [0.3, 0.4) is 0 Å². The lowest BCUT2D eigenvalue weighted by Crippen LogP contribution is -3.15. The SMILES string of the molecule is COC(=O)[C@H](C)NC(=O)C1CC[NH+](C(=O)/C=C/c2ccc(N(C)C)c(C)c2)CC1. The zero-order valence-electron chi connectivity index (χ0n) is 18.0. The number of carbonyl (C=O) groups excluding carboxylic acids is 3. The number of nitrogens with zero attached hydrogens (tertiary/aromatic N) is 1. The number of carbonyl (C=O) groups is 3. The van der Waals surface area contributed by atoms with Gasteiger partial charge in [0.05, 0.1) is 20.2 Å². The van der Waals surface area contributed by atoms with Crippen molar-refractivity contribution in [1.82, 2.24) is 5.32 Å². The van der Waals surface area contributed by atoms with Gasteiger partial charge >= 0.3 is 11.9 Å². The summed E-state index contributed by atoms with van der Waals surface area (Å²) in [5.74, 6) is -0.762. The number of anilines is 1. The summed E-state index contributed by atoms with van der Waals surface area (Å²) in [4.78, 5) is 39.2. The quantitative estimate of drug-likeness (QED) is 0.537. The van der Waals surface area contributed by atoms with Gasteiger partial charge in [0.1, 0.15) is 6.04 Å². The molecule has 1 saturated heterocycles. The van der Waals surface area contributed by atoms with Crippen molar-refractivity contribution < 1.29 is 24.0 Å². The van der Waals surface area contributed by atoms with Crippen LogP contribution in [0.4, 0.5) is 5.69 Å². The molecule has 1 fully saturated rings. The molecular weight excluding hydrogens is 370 g/mol. The molecule has 1 aromatic carbocycles. The summed E-state index contributed by atoms with van der Waals surface area (Å²) in [5, 5.41) is 2.68. The van der Waals surface area contributed by atoms with Crippen molar-refractivity contribution in [2.75, 3.05) is 39.2 Å². The molecule has 1 aliphatic heterocycles. The summed E-state index contributed by atoms with van der Waals surface area (Å²) >= 11 is 0. The monoisotopic (exact) mass is 402 g/mol. The Labute approximate surface area is 172 Å². The van der Waals surface area contributed by atoms with Gasteiger partial charge in [-0.2, -0.15) is 0 Å². The fourth-order valence-corrected chi connectivity index (χ4v) is 3.62. The largest absolute Gasteiger partial charge is 0.467 e. The highest BCUT2D eigenvalue weighted by Gasteiger charge is 2.31. The zero-order valence-corrected chi connectivity index (χ0v) is 18.0. The van der Waals surface area contributed by atoms with Crippen molar-refractivity contribution in [2.24, 2.45) is 5.92 Å². The maximum Gasteiger partial charge on any atom is 0.337 e. The normalized spacial score (nSPS) is 20.2. The van der Waals surface area contributed by atoms with Crippen LogP contribution >= 0.6 is 0 Å². The van der Waals surface area contributed by atoms with Crippen molar-refractivity contribution in [2.45, 2.75) is 32.7 Å². The van der Waals surface area contributed by atoms with E-state index in [1.54, 1.807) is 13.0 Å². The second-order valence-corrected chi connectivity index (χ2v) is 7.77. The predicted octanol–water partition coefficient (Wildman–Crippen LogP) is 0.573. The first-order valence-corrected chi connectivity index (χ1v) is 9.96. The summed E-state index contributed by atoms with van der Waals surface area (Å²) in [6.07, 6.45) is 4.70. The second kappa shape index (κ2) is 10.2. The van der Waals surface area contributed by atoms with E-state index < -0.39 is 12.0 Å². The van der Waals surface area contributed by atoms with Crippen molar-refractivity contribution >= 4 is 29.5 Å². The number of amides is 2. The minimum Gasteiger partial charge on any atom is -0.467 e. The third kappa shape index (κ3) is 6.15. The smallest absolute Gasteiger partial charge is 0.337 e. The first-order valence-electron chi connectivity index (χ1n) is 9.96. The van der Waals surface area contributed by atoms with Gasteiger partial charge in [0.15, 0.2) is 0 Å². The molecule has 7 heteroatoms. The Balaban J connectivity index is 1.87. The number of ether oxygens (including phenoxy) is 1. The molecule has 2 rings (SSSR count). The highest BCUT2D eigenvalue weighted by atomic mass is 16.5. The van der Waals surface area contributed by atoms with E-state index in [4.69, 9.17) is 0 Å². The fourth-order valence-electron chi connectivity index (χ4n) is 3.62. The van der Waals surface area contributed by atoms with Crippen LogP contribution in [-0.2, 0) is 19.1 Å². The average molecular weight is 403 g/mol. The first-order chi connectivity index (χ1) is 13.7. The molecule has 158 valence electrons. The summed E-state index contributed by atoms with van der Waals surface area (Å²) < 4.78 is 4.63. The molecule has 1 heterocycles. The lowest BCUT2D eigenvalue weighted by atomic mass is 9.95. The van der Waals surface area contributed by atoms with E-state index in [1.807, 2.05) is 32.3 Å². The molecule has 7 nitrogen and oxygen atoms in total. The number of piperidine rings is 1. The molecule has 0 aliphatic carbocycles. The maximum absolute atomic E-state index is 12.5. The lowest BCUT2D eigenvalue weighted by Gasteiger charge is -2.27. The van der Waals surface area contributed by atoms with E-state index in [9.17, 15) is 14.4 Å². The number of quaternary nitrogens is 1. The van der Waals surface area contributed by atoms with Gasteiger partial charge in [-0.3, -0.25) is 9.69 Å². The van der Waals surface area contributed by atoms with Gasteiger partial charge in [-0.05, 0) is 43.2 Å². The molecule has 0 saturated carbocycles. The van der Waals surface area contributed by atoms with Gasteiger partial charge in [0.2, 0.25) is 5.91 Å². The van der Waals surface area contributed by atoms with Crippen LogP contribution in [0.15, 0.2) is 24.3 Å². The Morgan fingerprint density at radius 3 is 2.45 bits per heavy atom. The van der Waals surface area contributed by atoms with Crippen molar-refractivity contribution in [3.63, 3.8) is 0 Å². The number of likely N-dealkylation sites (tertiary alicyclic amines) is 1. The van der Waals surface area contributed by atoms with Gasteiger partial charge in [-0.1, -0.05) is 6.07 Å². The van der Waals surface area contributed by atoms with Gasteiger partial charge in [-0.25, -0.2) is 9.59 Å². The molecule has 0 spiro atoms. The number of rotatable bonds is 6. The Morgan fingerprint density at radius 1 is 1.24 bits per heavy atom. The Morgan fingerprint density at radius 2 is 1.90 bits per heavy atom. The molecule has 1 aromatic rings. The van der Waals surface area contributed by atoms with E-state index in [1.165, 1.54) is 7.11 Å². The molecule has 29 heavy (non-hydrogen) atoms. The number of esters is 1. The standard InChI is InChI=1S/C22H31N3O4/c1-15-14-17(6-8-19(15)24(3)4)7-9-20(26)25-12-10-18(11-13-25)21(27)23-16(2)22(28)29-5/h6-9,14,16,18H,10-13H2,1-5H3,(H,23,27)/p+1/b9-7+/t16-/m0/s1. The fraction of sp³-hybridized carbons (Fsp3) is 0.500. The third-order valence-corrected chi connectivity index (χ3v) is 5.35. The topological polar surface area (TPSA) is 80.1 Å². The number of aryl methyl sites for hydroxylation is 1. The van der Waals surface area contributed by atoms with Crippen LogP contribution in [0.1, 0.15) is 30.9 Å². The summed E-state index contributed by atoms with van der Waals surface area (Å²) in [6.45, 7) is 4.86. The summed E-state index contributed by atoms with van der Waals surface area (Å²) in [5.41, 5.74) is 3.30. The van der Waals surface area contributed by atoms with Crippen LogP contribution < -0.4 is 15.1 Å². The van der Waals surface area contributed by atoms with E-state index in [-0.39, 0.29) is 17.7 Å². The third-order valence-electron chi connectivity index (χ3n) is 5.35. The summed E-state index contributed by atoms with van der Waals surface area (Å²) in [6, 6.07) is 5.45. The molecule has 0 aromatic heterocycles. The van der Waals surface area contributed by atoms with Crippen LogP contribution in [-0.4, -0.2) is 58.1 Å². The van der Waals surface area contributed by atoms with Gasteiger partial charge < -0.3 is 15.0 Å². The van der Waals surface area contributed by atoms with Gasteiger partial charge in [0, 0.05) is 44.6 Å². The van der Waals surface area contributed by atoms with Gasteiger partial charge in [-0.15, -0.1) is 0 Å². The van der Waals surface area contributed by atoms with Crippen molar-refractivity contribution in [1.29, 1.82) is 0 Å². The zero-order chi connectivity index (χ0) is 21.6. The van der Waals surface area contributed by atoms with Crippen molar-refractivity contribution in [3.8, 4) is 0 Å². The second-order valence-electron chi connectivity index (χ2n) is 7.77. The van der Waals surface area contributed by atoms with Crippen LogP contribution in [0.5, 0.6) is 0 Å². The van der Waals surface area contributed by atoms with Crippen LogP contribution in [0, 0.1) is 12.8 Å². The molecule has 2 amide bonds. The Bertz CT molecular complexity index is 780.